The van der Waals surface area contributed by atoms with Crippen molar-refractivity contribution in [3.8, 4) is 5.75 Å². The van der Waals surface area contributed by atoms with Crippen LogP contribution in [-0.2, 0) is 4.79 Å². The molecule has 4 rings (SSSR count). The van der Waals surface area contributed by atoms with Crippen LogP contribution in [0.15, 0.2) is 42.1 Å². The number of nitrogens with zero attached hydrogens (tertiary/aromatic N) is 1. The maximum absolute atomic E-state index is 13.0. The Morgan fingerprint density at radius 2 is 1.93 bits per heavy atom. The molecular formula is C25H35NO2. The fourth-order valence-corrected chi connectivity index (χ4v) is 5.89. The lowest BCUT2D eigenvalue weighted by Crippen LogP contribution is -2.58. The Morgan fingerprint density at radius 3 is 2.75 bits per heavy atom. The quantitative estimate of drug-likeness (QED) is 0.525. The Labute approximate surface area is 170 Å². The van der Waals surface area contributed by atoms with E-state index in [1.165, 1.54) is 50.6 Å². The van der Waals surface area contributed by atoms with E-state index in [2.05, 4.69) is 11.8 Å². The van der Waals surface area contributed by atoms with Crippen molar-refractivity contribution < 1.29 is 9.53 Å². The predicted molar refractivity (Wildman–Crippen MR) is 113 cm³/mol. The monoisotopic (exact) mass is 381 g/mol. The number of benzene rings is 1. The molecule has 152 valence electrons. The van der Waals surface area contributed by atoms with Gasteiger partial charge >= 0.3 is 0 Å². The summed E-state index contributed by atoms with van der Waals surface area (Å²) in [6, 6.07) is 10.6. The van der Waals surface area contributed by atoms with Crippen molar-refractivity contribution in [3.05, 3.63) is 42.1 Å². The molecule has 0 bridgehead atoms. The number of ether oxygens (including phenoxy) is 1. The molecule has 28 heavy (non-hydrogen) atoms. The van der Waals surface area contributed by atoms with Crippen molar-refractivity contribution >= 4 is 5.78 Å². The third-order valence-electron chi connectivity index (χ3n) is 7.19. The van der Waals surface area contributed by atoms with E-state index in [9.17, 15) is 4.79 Å². The van der Waals surface area contributed by atoms with Crippen LogP contribution in [0.1, 0.15) is 77.6 Å². The molecule has 1 aromatic rings. The Bertz CT molecular complexity index is 698. The molecular weight excluding hydrogens is 346 g/mol. The number of para-hydroxylation sites is 1. The van der Waals surface area contributed by atoms with Gasteiger partial charge in [0.15, 0.2) is 5.78 Å². The first-order valence-electron chi connectivity index (χ1n) is 11.5. The molecule has 2 aliphatic heterocycles. The number of hydrogen-bond acceptors (Lipinski definition) is 3. The molecule has 1 aromatic carbocycles. The maximum Gasteiger partial charge on any atom is 0.162 e. The number of carbonyl (C=O) groups is 1. The third-order valence-corrected chi connectivity index (χ3v) is 7.19. The lowest BCUT2D eigenvalue weighted by Gasteiger charge is -2.53. The second kappa shape index (κ2) is 8.71. The molecule has 0 amide bonds. The molecule has 0 unspecified atom stereocenters. The van der Waals surface area contributed by atoms with E-state index >= 15 is 0 Å². The minimum atomic E-state index is 0.0783. The van der Waals surface area contributed by atoms with Crippen LogP contribution >= 0.6 is 0 Å². The van der Waals surface area contributed by atoms with Gasteiger partial charge in [0.2, 0.25) is 0 Å². The van der Waals surface area contributed by atoms with E-state index in [1.54, 1.807) is 0 Å². The molecule has 1 aliphatic carbocycles. The maximum atomic E-state index is 13.0. The molecule has 0 N–H and O–H groups in total. The lowest BCUT2D eigenvalue weighted by molar-refractivity contribution is -0.127. The van der Waals surface area contributed by atoms with Crippen LogP contribution in [-0.4, -0.2) is 28.9 Å². The summed E-state index contributed by atoms with van der Waals surface area (Å²) in [5.41, 5.74) is 1.38. The molecule has 1 spiro atoms. The van der Waals surface area contributed by atoms with Gasteiger partial charge in [-0.05, 0) is 50.7 Å². The highest BCUT2D eigenvalue weighted by Crippen LogP contribution is 2.52. The van der Waals surface area contributed by atoms with Gasteiger partial charge in [-0.15, -0.1) is 0 Å². The lowest BCUT2D eigenvalue weighted by atomic mass is 9.67. The predicted octanol–water partition coefficient (Wildman–Crippen LogP) is 5.90. The summed E-state index contributed by atoms with van der Waals surface area (Å²) >= 11 is 0. The summed E-state index contributed by atoms with van der Waals surface area (Å²) in [4.78, 5) is 15.7. The van der Waals surface area contributed by atoms with Crippen LogP contribution < -0.4 is 4.74 Å². The Hall–Kier alpha value is -1.77. The summed E-state index contributed by atoms with van der Waals surface area (Å²) < 4.78 is 6.18. The minimum Gasteiger partial charge on any atom is -0.491 e. The molecule has 1 saturated carbocycles. The van der Waals surface area contributed by atoms with Gasteiger partial charge < -0.3 is 9.64 Å². The van der Waals surface area contributed by atoms with Gasteiger partial charge in [0.25, 0.3) is 0 Å². The summed E-state index contributed by atoms with van der Waals surface area (Å²) in [5.74, 6) is 1.57. The molecule has 1 saturated heterocycles. The highest BCUT2D eigenvalue weighted by molar-refractivity contribution is 5.94. The van der Waals surface area contributed by atoms with Crippen LogP contribution in [0.3, 0.4) is 0 Å². The van der Waals surface area contributed by atoms with Crippen molar-refractivity contribution in [3.63, 3.8) is 0 Å². The average Bonchev–Trinajstić information content (AvgIpc) is 3.09. The summed E-state index contributed by atoms with van der Waals surface area (Å²) in [6.45, 7) is 2.97. The zero-order valence-electron chi connectivity index (χ0n) is 17.4. The number of ketones is 1. The van der Waals surface area contributed by atoms with E-state index in [4.69, 9.17) is 4.74 Å². The molecule has 3 aliphatic rings. The topological polar surface area (TPSA) is 29.5 Å². The van der Waals surface area contributed by atoms with Gasteiger partial charge in [-0.3, -0.25) is 4.79 Å². The summed E-state index contributed by atoms with van der Waals surface area (Å²) in [7, 11) is 0. The van der Waals surface area contributed by atoms with Crippen molar-refractivity contribution in [1.29, 1.82) is 0 Å². The molecule has 0 aromatic heterocycles. The fraction of sp³-hybridized carbons (Fsp3) is 0.640. The summed E-state index contributed by atoms with van der Waals surface area (Å²) in [6.07, 6.45) is 15.1. The molecule has 3 heteroatoms. The van der Waals surface area contributed by atoms with Crippen molar-refractivity contribution in [1.82, 2.24) is 4.90 Å². The van der Waals surface area contributed by atoms with Gasteiger partial charge in [-0.1, -0.05) is 57.2 Å². The van der Waals surface area contributed by atoms with Crippen LogP contribution in [0.5, 0.6) is 5.75 Å². The number of hydrogen-bond donors (Lipinski definition) is 0. The molecule has 2 fully saturated rings. The van der Waals surface area contributed by atoms with Crippen molar-refractivity contribution in [2.24, 2.45) is 5.92 Å². The van der Waals surface area contributed by atoms with Gasteiger partial charge in [0.1, 0.15) is 12.4 Å². The van der Waals surface area contributed by atoms with E-state index in [-0.39, 0.29) is 11.5 Å². The second-order valence-electron chi connectivity index (χ2n) is 8.94. The van der Waals surface area contributed by atoms with E-state index in [1.807, 2.05) is 36.4 Å². The van der Waals surface area contributed by atoms with E-state index in [0.29, 0.717) is 11.8 Å². The minimum absolute atomic E-state index is 0.0783. The van der Waals surface area contributed by atoms with Crippen LogP contribution in [0.4, 0.5) is 0 Å². The first-order chi connectivity index (χ1) is 13.7. The fourth-order valence-electron chi connectivity index (χ4n) is 5.89. The molecule has 3 atom stereocenters. The van der Waals surface area contributed by atoms with Gasteiger partial charge in [0, 0.05) is 17.7 Å². The molecule has 3 nitrogen and oxygen atoms in total. The number of allylic oxidation sites excluding steroid dienone is 2. The average molecular weight is 382 g/mol. The van der Waals surface area contributed by atoms with Crippen LogP contribution in [0, 0.1) is 5.92 Å². The largest absolute Gasteiger partial charge is 0.491 e. The number of carbonyl (C=O) groups excluding carboxylic acids is 1. The summed E-state index contributed by atoms with van der Waals surface area (Å²) in [5, 5.41) is 0. The van der Waals surface area contributed by atoms with Gasteiger partial charge in [-0.2, -0.15) is 0 Å². The first-order valence-corrected chi connectivity index (χ1v) is 11.5. The highest BCUT2D eigenvalue weighted by Gasteiger charge is 2.56. The smallest absolute Gasteiger partial charge is 0.162 e. The normalized spacial score (nSPS) is 29.2. The second-order valence-corrected chi connectivity index (χ2v) is 8.94. The number of unbranched alkanes of at least 4 members (excludes halogenated alkanes) is 3. The Kier molecular flexibility index (Phi) is 6.08. The SMILES string of the molecule is CCCCCCC1=CC(=O)[C@@H]2CCCC[C@@]23CC[C@H](COc2ccccc2)N13. The van der Waals surface area contributed by atoms with Crippen molar-refractivity contribution in [2.75, 3.05) is 6.61 Å². The molecule has 0 radical (unpaired) electrons. The Morgan fingerprint density at radius 1 is 1.07 bits per heavy atom. The highest BCUT2D eigenvalue weighted by atomic mass is 16.5. The van der Waals surface area contributed by atoms with E-state index in [0.717, 1.165) is 38.0 Å². The van der Waals surface area contributed by atoms with Gasteiger partial charge in [-0.25, -0.2) is 0 Å². The number of rotatable bonds is 8. The standard InChI is InChI=1S/C25H35NO2/c1-2-3-4-6-11-20-18-24(27)23-14-9-10-16-25(23)17-15-21(26(20)25)19-28-22-12-7-5-8-13-22/h5,7-8,12-13,18,21,23H,2-4,6,9-11,14-17,19H2,1H3/t21-,23+,25-/m1/s1. The Balaban J connectivity index is 1.54. The van der Waals surface area contributed by atoms with Gasteiger partial charge in [0.05, 0.1) is 11.6 Å². The zero-order chi connectivity index (χ0) is 19.4. The first kappa shape index (κ1) is 19.5. The third kappa shape index (κ3) is 3.73. The zero-order valence-corrected chi connectivity index (χ0v) is 17.4. The van der Waals surface area contributed by atoms with E-state index < -0.39 is 0 Å². The van der Waals surface area contributed by atoms with Crippen molar-refractivity contribution in [2.45, 2.75) is 89.1 Å². The molecule has 2 heterocycles. The van der Waals surface area contributed by atoms with Crippen LogP contribution in [0.2, 0.25) is 0 Å². The van der Waals surface area contributed by atoms with Crippen LogP contribution in [0.25, 0.3) is 0 Å².